The third-order valence-electron chi connectivity index (χ3n) is 2.46. The highest BCUT2D eigenvalue weighted by atomic mass is 16.5. The predicted octanol–water partition coefficient (Wildman–Crippen LogP) is 0.981. The van der Waals surface area contributed by atoms with E-state index in [1.807, 2.05) is 13.8 Å². The molecule has 0 spiro atoms. The summed E-state index contributed by atoms with van der Waals surface area (Å²) in [4.78, 5) is 15.4. The van der Waals surface area contributed by atoms with E-state index in [9.17, 15) is 4.79 Å². The number of H-pyrrole nitrogens is 1. The maximum Gasteiger partial charge on any atom is 0.227 e. The smallest absolute Gasteiger partial charge is 0.227 e. The number of carbonyl (C=O) groups excluding carboxylic acids is 1. The highest BCUT2D eigenvalue weighted by Crippen LogP contribution is 2.14. The molecule has 7 heteroatoms. The Morgan fingerprint density at radius 2 is 2.35 bits per heavy atom. The quantitative estimate of drug-likeness (QED) is 0.823. The van der Waals surface area contributed by atoms with E-state index in [2.05, 4.69) is 25.7 Å². The second-order valence-corrected chi connectivity index (χ2v) is 3.68. The van der Waals surface area contributed by atoms with Gasteiger partial charge in [0.2, 0.25) is 11.9 Å². The van der Waals surface area contributed by atoms with E-state index < -0.39 is 0 Å². The molecule has 2 aromatic heterocycles. The molecule has 17 heavy (non-hydrogen) atoms. The van der Waals surface area contributed by atoms with Crippen LogP contribution in [0.1, 0.15) is 23.4 Å². The molecular formula is C10H13N5O2. The molecule has 0 saturated carbocycles. The van der Waals surface area contributed by atoms with Crippen LogP contribution in [0, 0.1) is 13.8 Å². The van der Waals surface area contributed by atoms with Gasteiger partial charge in [-0.25, -0.2) is 5.10 Å². The van der Waals surface area contributed by atoms with Crippen LogP contribution in [0.2, 0.25) is 0 Å². The average Bonchev–Trinajstić information content (AvgIpc) is 2.88. The molecule has 0 saturated heterocycles. The Bertz CT molecular complexity index is 483. The zero-order valence-corrected chi connectivity index (χ0v) is 9.65. The number of anilines is 1. The van der Waals surface area contributed by atoms with E-state index in [1.54, 1.807) is 0 Å². The fraction of sp³-hybridized carbons (Fsp3) is 0.400. The molecule has 2 heterocycles. The van der Waals surface area contributed by atoms with Gasteiger partial charge in [0.25, 0.3) is 0 Å². The van der Waals surface area contributed by atoms with E-state index in [-0.39, 0.29) is 5.91 Å². The molecule has 2 N–H and O–H groups in total. The first-order valence-corrected chi connectivity index (χ1v) is 5.24. The number of aromatic amines is 1. The number of hydrogen-bond acceptors (Lipinski definition) is 5. The van der Waals surface area contributed by atoms with Gasteiger partial charge in [-0.3, -0.25) is 10.1 Å². The van der Waals surface area contributed by atoms with Crippen LogP contribution in [-0.2, 0) is 11.2 Å². The molecule has 1 amide bonds. The van der Waals surface area contributed by atoms with Gasteiger partial charge in [0, 0.05) is 12.0 Å². The lowest BCUT2D eigenvalue weighted by atomic mass is 10.1. The standard InChI is InChI=1S/C10H13N5O2/c1-6-8(7(2)17-15-6)3-4-9(16)13-10-11-5-12-14-10/h5H,3-4H2,1-2H3,(H2,11,12,13,14,16). The molecule has 0 radical (unpaired) electrons. The molecule has 0 fully saturated rings. The van der Waals surface area contributed by atoms with Crippen LogP contribution in [0.4, 0.5) is 5.95 Å². The Morgan fingerprint density at radius 3 is 2.94 bits per heavy atom. The Labute approximate surface area is 97.6 Å². The van der Waals surface area contributed by atoms with Crippen LogP contribution >= 0.6 is 0 Å². The number of carbonyl (C=O) groups is 1. The van der Waals surface area contributed by atoms with Crippen molar-refractivity contribution in [1.29, 1.82) is 0 Å². The summed E-state index contributed by atoms with van der Waals surface area (Å²) in [5.74, 6) is 0.991. The number of aromatic nitrogens is 4. The Kier molecular flexibility index (Phi) is 3.17. The van der Waals surface area contributed by atoms with Crippen molar-refractivity contribution < 1.29 is 9.32 Å². The van der Waals surface area contributed by atoms with Crippen LogP contribution in [0.15, 0.2) is 10.9 Å². The molecule has 0 aromatic carbocycles. The van der Waals surface area contributed by atoms with Crippen molar-refractivity contribution in [2.24, 2.45) is 0 Å². The van der Waals surface area contributed by atoms with Gasteiger partial charge in [0.1, 0.15) is 12.1 Å². The summed E-state index contributed by atoms with van der Waals surface area (Å²) in [6.45, 7) is 3.70. The van der Waals surface area contributed by atoms with E-state index in [1.165, 1.54) is 6.33 Å². The van der Waals surface area contributed by atoms with Crippen molar-refractivity contribution in [3.8, 4) is 0 Å². The van der Waals surface area contributed by atoms with Crippen molar-refractivity contribution in [1.82, 2.24) is 20.3 Å². The van der Waals surface area contributed by atoms with Crippen LogP contribution in [0.5, 0.6) is 0 Å². The molecule has 0 bridgehead atoms. The van der Waals surface area contributed by atoms with Crippen molar-refractivity contribution in [3.63, 3.8) is 0 Å². The number of amides is 1. The molecule has 2 aromatic rings. The SMILES string of the molecule is Cc1noc(C)c1CCC(=O)Nc1ncn[nH]1. The van der Waals surface area contributed by atoms with Crippen molar-refractivity contribution in [2.75, 3.05) is 5.32 Å². The van der Waals surface area contributed by atoms with Crippen LogP contribution < -0.4 is 5.32 Å². The largest absolute Gasteiger partial charge is 0.361 e. The molecule has 2 rings (SSSR count). The second-order valence-electron chi connectivity index (χ2n) is 3.68. The van der Waals surface area contributed by atoms with Gasteiger partial charge < -0.3 is 4.52 Å². The normalized spacial score (nSPS) is 10.5. The molecule has 0 aliphatic carbocycles. The zero-order chi connectivity index (χ0) is 12.3. The maximum absolute atomic E-state index is 11.6. The number of rotatable bonds is 4. The summed E-state index contributed by atoms with van der Waals surface area (Å²) >= 11 is 0. The Morgan fingerprint density at radius 1 is 1.53 bits per heavy atom. The first kappa shape index (κ1) is 11.3. The summed E-state index contributed by atoms with van der Waals surface area (Å²) in [5.41, 5.74) is 1.81. The minimum atomic E-state index is -0.123. The second kappa shape index (κ2) is 4.77. The summed E-state index contributed by atoms with van der Waals surface area (Å²) < 4.78 is 5.02. The number of nitrogens with one attached hydrogen (secondary N) is 2. The number of aryl methyl sites for hydroxylation is 2. The van der Waals surface area contributed by atoms with Crippen LogP contribution in [-0.4, -0.2) is 26.2 Å². The van der Waals surface area contributed by atoms with Crippen molar-refractivity contribution >= 4 is 11.9 Å². The lowest BCUT2D eigenvalue weighted by Crippen LogP contribution is -2.13. The predicted molar refractivity (Wildman–Crippen MR) is 59.3 cm³/mol. The third-order valence-corrected chi connectivity index (χ3v) is 2.46. The van der Waals surface area contributed by atoms with Gasteiger partial charge in [0.05, 0.1) is 5.69 Å². The fourth-order valence-electron chi connectivity index (χ4n) is 1.56. The number of hydrogen-bond donors (Lipinski definition) is 2. The van der Waals surface area contributed by atoms with Crippen LogP contribution in [0.3, 0.4) is 0 Å². The highest BCUT2D eigenvalue weighted by Gasteiger charge is 2.11. The van der Waals surface area contributed by atoms with Crippen LogP contribution in [0.25, 0.3) is 0 Å². The summed E-state index contributed by atoms with van der Waals surface area (Å²) in [6.07, 6.45) is 2.29. The fourth-order valence-corrected chi connectivity index (χ4v) is 1.56. The van der Waals surface area contributed by atoms with E-state index in [0.29, 0.717) is 18.8 Å². The van der Waals surface area contributed by atoms with Gasteiger partial charge in [-0.2, -0.15) is 10.1 Å². The third kappa shape index (κ3) is 2.68. The van der Waals surface area contributed by atoms with Gasteiger partial charge in [-0.1, -0.05) is 5.16 Å². The Hall–Kier alpha value is -2.18. The van der Waals surface area contributed by atoms with E-state index in [4.69, 9.17) is 4.52 Å². The van der Waals surface area contributed by atoms with Crippen molar-refractivity contribution in [2.45, 2.75) is 26.7 Å². The maximum atomic E-state index is 11.6. The topological polar surface area (TPSA) is 96.7 Å². The first-order valence-electron chi connectivity index (χ1n) is 5.24. The average molecular weight is 235 g/mol. The summed E-state index contributed by atoms with van der Waals surface area (Å²) in [7, 11) is 0. The molecule has 0 unspecified atom stereocenters. The molecule has 0 aliphatic heterocycles. The first-order chi connectivity index (χ1) is 8.16. The van der Waals surface area contributed by atoms with Gasteiger partial charge in [-0.15, -0.1) is 0 Å². The number of nitrogens with zero attached hydrogens (tertiary/aromatic N) is 3. The van der Waals surface area contributed by atoms with Gasteiger partial charge in [0.15, 0.2) is 0 Å². The van der Waals surface area contributed by atoms with E-state index >= 15 is 0 Å². The molecule has 7 nitrogen and oxygen atoms in total. The minimum Gasteiger partial charge on any atom is -0.361 e. The lowest BCUT2D eigenvalue weighted by molar-refractivity contribution is -0.116. The molecule has 0 atom stereocenters. The minimum absolute atomic E-state index is 0.123. The molecule has 90 valence electrons. The van der Waals surface area contributed by atoms with Gasteiger partial charge in [-0.05, 0) is 20.3 Å². The zero-order valence-electron chi connectivity index (χ0n) is 9.65. The summed E-state index contributed by atoms with van der Waals surface area (Å²) in [5, 5.41) is 12.6. The summed E-state index contributed by atoms with van der Waals surface area (Å²) in [6, 6.07) is 0. The van der Waals surface area contributed by atoms with Gasteiger partial charge >= 0.3 is 0 Å². The Balaban J connectivity index is 1.88. The molecule has 0 aliphatic rings. The van der Waals surface area contributed by atoms with Crippen molar-refractivity contribution in [3.05, 3.63) is 23.3 Å². The lowest BCUT2D eigenvalue weighted by Gasteiger charge is -2.01. The molecular weight excluding hydrogens is 222 g/mol. The highest BCUT2D eigenvalue weighted by molar-refractivity contribution is 5.88. The van der Waals surface area contributed by atoms with E-state index in [0.717, 1.165) is 17.0 Å². The monoisotopic (exact) mass is 235 g/mol.